The third-order valence-corrected chi connectivity index (χ3v) is 3.42. The maximum Gasteiger partial charge on any atom is 0.132 e. The van der Waals surface area contributed by atoms with Crippen LogP contribution >= 0.6 is 0 Å². The summed E-state index contributed by atoms with van der Waals surface area (Å²) in [5.74, 6) is -0.280. The SMILES string of the molecule is Cc1cc(OCc2ccc(F)cc2F)c(C(C)C)cc1N. The van der Waals surface area contributed by atoms with Gasteiger partial charge in [0, 0.05) is 17.3 Å². The predicted molar refractivity (Wildman–Crippen MR) is 80.4 cm³/mol. The van der Waals surface area contributed by atoms with E-state index in [1.807, 2.05) is 32.9 Å². The Hall–Kier alpha value is -2.10. The molecule has 2 aromatic carbocycles. The van der Waals surface area contributed by atoms with Gasteiger partial charge in [-0.05, 0) is 48.2 Å². The fourth-order valence-electron chi connectivity index (χ4n) is 2.09. The maximum atomic E-state index is 13.6. The maximum absolute atomic E-state index is 13.6. The number of hydrogen-bond donors (Lipinski definition) is 1. The van der Waals surface area contributed by atoms with E-state index in [0.717, 1.165) is 17.2 Å². The van der Waals surface area contributed by atoms with Crippen molar-refractivity contribution in [2.24, 2.45) is 0 Å². The monoisotopic (exact) mass is 291 g/mol. The van der Waals surface area contributed by atoms with Gasteiger partial charge in [-0.1, -0.05) is 13.8 Å². The molecule has 0 unspecified atom stereocenters. The Balaban J connectivity index is 2.25. The number of halogens is 2. The molecule has 2 nitrogen and oxygen atoms in total. The fourth-order valence-corrected chi connectivity index (χ4v) is 2.09. The zero-order chi connectivity index (χ0) is 15.6. The number of nitrogens with two attached hydrogens (primary N) is 1. The highest BCUT2D eigenvalue weighted by Crippen LogP contribution is 2.31. The van der Waals surface area contributed by atoms with E-state index < -0.39 is 11.6 Å². The summed E-state index contributed by atoms with van der Waals surface area (Å²) in [5, 5.41) is 0. The third-order valence-electron chi connectivity index (χ3n) is 3.42. The summed E-state index contributed by atoms with van der Waals surface area (Å²) in [7, 11) is 0. The molecule has 2 N–H and O–H groups in total. The van der Waals surface area contributed by atoms with Crippen molar-refractivity contribution in [3.63, 3.8) is 0 Å². The molecule has 0 saturated heterocycles. The lowest BCUT2D eigenvalue weighted by Crippen LogP contribution is -2.04. The molecule has 0 saturated carbocycles. The minimum absolute atomic E-state index is 0.0508. The molecule has 0 bridgehead atoms. The topological polar surface area (TPSA) is 35.2 Å². The van der Waals surface area contributed by atoms with Gasteiger partial charge in [0.05, 0.1) is 0 Å². The normalized spacial score (nSPS) is 11.0. The van der Waals surface area contributed by atoms with Crippen LogP contribution in [0.5, 0.6) is 5.75 Å². The standard InChI is InChI=1S/C17H19F2NO/c1-10(2)14-8-16(20)11(3)6-17(14)21-9-12-4-5-13(18)7-15(12)19/h4-8,10H,9,20H2,1-3H3. The van der Waals surface area contributed by atoms with E-state index in [1.165, 1.54) is 12.1 Å². The Bertz CT molecular complexity index is 653. The second-order valence-electron chi connectivity index (χ2n) is 5.43. The van der Waals surface area contributed by atoms with Crippen LogP contribution < -0.4 is 10.5 Å². The van der Waals surface area contributed by atoms with Crippen LogP contribution in [-0.2, 0) is 6.61 Å². The fraction of sp³-hybridized carbons (Fsp3) is 0.294. The highest BCUT2D eigenvalue weighted by atomic mass is 19.1. The molecule has 112 valence electrons. The predicted octanol–water partition coefficient (Wildman–Crippen LogP) is 4.56. The zero-order valence-electron chi connectivity index (χ0n) is 12.4. The first-order valence-corrected chi connectivity index (χ1v) is 6.85. The Morgan fingerprint density at radius 2 is 1.86 bits per heavy atom. The van der Waals surface area contributed by atoms with Crippen LogP contribution in [0.3, 0.4) is 0 Å². The molecule has 4 heteroatoms. The zero-order valence-corrected chi connectivity index (χ0v) is 12.4. The van der Waals surface area contributed by atoms with E-state index >= 15 is 0 Å². The summed E-state index contributed by atoms with van der Waals surface area (Å²) >= 11 is 0. The van der Waals surface area contributed by atoms with E-state index in [9.17, 15) is 8.78 Å². The van der Waals surface area contributed by atoms with Gasteiger partial charge in [-0.15, -0.1) is 0 Å². The average molecular weight is 291 g/mol. The first-order valence-electron chi connectivity index (χ1n) is 6.85. The molecule has 0 aliphatic rings. The van der Waals surface area contributed by atoms with E-state index in [1.54, 1.807) is 0 Å². The van der Waals surface area contributed by atoms with Crippen LogP contribution in [-0.4, -0.2) is 0 Å². The van der Waals surface area contributed by atoms with Gasteiger partial charge in [0.15, 0.2) is 0 Å². The molecule has 2 aromatic rings. The van der Waals surface area contributed by atoms with Crippen molar-refractivity contribution in [1.82, 2.24) is 0 Å². The second-order valence-corrected chi connectivity index (χ2v) is 5.43. The third kappa shape index (κ3) is 3.51. The Morgan fingerprint density at radius 3 is 2.48 bits per heavy atom. The highest BCUT2D eigenvalue weighted by Gasteiger charge is 2.12. The molecule has 21 heavy (non-hydrogen) atoms. The van der Waals surface area contributed by atoms with Crippen LogP contribution in [0.25, 0.3) is 0 Å². The molecular formula is C17H19F2NO. The van der Waals surface area contributed by atoms with Gasteiger partial charge in [0.1, 0.15) is 24.0 Å². The van der Waals surface area contributed by atoms with Gasteiger partial charge >= 0.3 is 0 Å². The van der Waals surface area contributed by atoms with Gasteiger partial charge in [0.2, 0.25) is 0 Å². The molecule has 0 aliphatic heterocycles. The average Bonchev–Trinajstić information content (AvgIpc) is 2.41. The quantitative estimate of drug-likeness (QED) is 0.838. The lowest BCUT2D eigenvalue weighted by atomic mass is 9.99. The molecule has 0 aliphatic carbocycles. The number of aryl methyl sites for hydroxylation is 1. The largest absolute Gasteiger partial charge is 0.488 e. The van der Waals surface area contributed by atoms with Crippen LogP contribution in [0.1, 0.15) is 36.5 Å². The molecule has 0 heterocycles. The minimum Gasteiger partial charge on any atom is -0.488 e. The first kappa shape index (κ1) is 15.3. The summed E-state index contributed by atoms with van der Waals surface area (Å²) in [6.07, 6.45) is 0. The van der Waals surface area contributed by atoms with Crippen molar-refractivity contribution in [3.8, 4) is 5.75 Å². The summed E-state index contributed by atoms with van der Waals surface area (Å²) < 4.78 is 32.2. The Morgan fingerprint density at radius 1 is 1.14 bits per heavy atom. The summed E-state index contributed by atoms with van der Waals surface area (Å²) in [6.45, 7) is 6.02. The summed E-state index contributed by atoms with van der Waals surface area (Å²) in [4.78, 5) is 0. The van der Waals surface area contributed by atoms with Gasteiger partial charge in [-0.3, -0.25) is 0 Å². The molecule has 0 amide bonds. The number of ether oxygens (including phenoxy) is 1. The van der Waals surface area contributed by atoms with Crippen molar-refractivity contribution in [3.05, 3.63) is 58.7 Å². The van der Waals surface area contributed by atoms with Crippen LogP contribution in [0.2, 0.25) is 0 Å². The molecule has 2 rings (SSSR count). The summed E-state index contributed by atoms with van der Waals surface area (Å²) in [5.41, 5.74) is 8.83. The van der Waals surface area contributed by atoms with E-state index in [4.69, 9.17) is 10.5 Å². The number of rotatable bonds is 4. The number of anilines is 1. The highest BCUT2D eigenvalue weighted by molar-refractivity contribution is 5.55. The molecule has 0 atom stereocenters. The lowest BCUT2D eigenvalue weighted by molar-refractivity contribution is 0.295. The molecular weight excluding hydrogens is 272 g/mol. The molecule has 0 spiro atoms. The van der Waals surface area contributed by atoms with Crippen LogP contribution in [0.4, 0.5) is 14.5 Å². The number of benzene rings is 2. The van der Waals surface area contributed by atoms with Crippen molar-refractivity contribution in [1.29, 1.82) is 0 Å². The van der Waals surface area contributed by atoms with Crippen molar-refractivity contribution >= 4 is 5.69 Å². The lowest BCUT2D eigenvalue weighted by Gasteiger charge is -2.16. The van der Waals surface area contributed by atoms with Crippen LogP contribution in [0.15, 0.2) is 30.3 Å². The van der Waals surface area contributed by atoms with Crippen molar-refractivity contribution in [2.75, 3.05) is 5.73 Å². The van der Waals surface area contributed by atoms with Crippen LogP contribution in [0, 0.1) is 18.6 Å². The van der Waals surface area contributed by atoms with Gasteiger partial charge < -0.3 is 10.5 Å². The van der Waals surface area contributed by atoms with Crippen molar-refractivity contribution in [2.45, 2.75) is 33.3 Å². The van der Waals surface area contributed by atoms with E-state index in [0.29, 0.717) is 17.0 Å². The number of nitrogen functional groups attached to an aromatic ring is 1. The van der Waals surface area contributed by atoms with E-state index in [2.05, 4.69) is 0 Å². The Kier molecular flexibility index (Phi) is 4.46. The molecule has 0 radical (unpaired) electrons. The van der Waals surface area contributed by atoms with Gasteiger partial charge in [-0.25, -0.2) is 8.78 Å². The van der Waals surface area contributed by atoms with Gasteiger partial charge in [0.25, 0.3) is 0 Å². The first-order chi connectivity index (χ1) is 9.88. The summed E-state index contributed by atoms with van der Waals surface area (Å²) in [6, 6.07) is 7.21. The number of hydrogen-bond acceptors (Lipinski definition) is 2. The molecule has 0 aromatic heterocycles. The van der Waals surface area contributed by atoms with Gasteiger partial charge in [-0.2, -0.15) is 0 Å². The second kappa shape index (κ2) is 6.12. The minimum atomic E-state index is -0.603. The smallest absolute Gasteiger partial charge is 0.132 e. The van der Waals surface area contributed by atoms with Crippen molar-refractivity contribution < 1.29 is 13.5 Å². The Labute approximate surface area is 123 Å². The van der Waals surface area contributed by atoms with E-state index in [-0.39, 0.29) is 12.5 Å². The molecule has 0 fully saturated rings.